The van der Waals surface area contributed by atoms with E-state index in [4.69, 9.17) is 14.2 Å². The number of ether oxygens (including phenoxy) is 3. The SMILES string of the molecule is O=C(NC(c1ccccc1)c1cccc(OCc2ccc(C(=O)OCc3ccc(CNCC(O)c4ccc(O)c5[nH]c(=O)ccc45)cc3F)cc2)c1)O[C@H]1CN2CCC1CC2. The van der Waals surface area contributed by atoms with Crippen LogP contribution >= 0.6 is 0 Å². The largest absolute Gasteiger partial charge is 0.506 e. The van der Waals surface area contributed by atoms with Gasteiger partial charge in [0, 0.05) is 36.7 Å². The van der Waals surface area contributed by atoms with Crippen molar-refractivity contribution in [1.82, 2.24) is 20.5 Å². The standard InChI is InChI=1S/C48H47FN4O8/c49-40-23-31(25-50-26-42(55)38-15-17-41(54)46-39(38)16-18-44(56)51-46)11-14-36(40)29-60-47(57)34-12-9-30(10-13-34)28-59-37-8-4-7-35(24-37)45(33-5-2-1-3-6-33)52-48(58)61-43-27-53-21-19-32(43)20-22-53/h1-18,23-24,32,42-43,45,50,54-55H,19-22,25-29H2,(H,51,56)(H,52,58)/t42?,43-,45?/m0/s1. The Morgan fingerprint density at radius 2 is 1.62 bits per heavy atom. The van der Waals surface area contributed by atoms with Gasteiger partial charge in [0.25, 0.3) is 0 Å². The molecule has 2 bridgehead atoms. The van der Waals surface area contributed by atoms with Gasteiger partial charge in [-0.1, -0.05) is 72.8 Å². The number of nitrogens with one attached hydrogen (secondary N) is 3. The molecule has 3 aliphatic heterocycles. The van der Waals surface area contributed by atoms with E-state index < -0.39 is 30.0 Å². The number of halogens is 1. The maximum Gasteiger partial charge on any atom is 0.408 e. The van der Waals surface area contributed by atoms with Gasteiger partial charge in [-0.15, -0.1) is 0 Å². The zero-order valence-electron chi connectivity index (χ0n) is 33.4. The number of fused-ring (bicyclic) bond motifs is 4. The van der Waals surface area contributed by atoms with Gasteiger partial charge < -0.3 is 40.0 Å². The Bertz CT molecular complexity index is 2540. The maximum absolute atomic E-state index is 15.0. The molecule has 0 radical (unpaired) electrons. The third kappa shape index (κ3) is 10.1. The van der Waals surface area contributed by atoms with Crippen LogP contribution < -0.4 is 20.9 Å². The van der Waals surface area contributed by atoms with Crippen LogP contribution in [-0.4, -0.2) is 64.4 Å². The number of H-pyrrole nitrogens is 1. The normalized spacial score (nSPS) is 18.0. The summed E-state index contributed by atoms with van der Waals surface area (Å²) < 4.78 is 32.6. The first-order chi connectivity index (χ1) is 29.7. The van der Waals surface area contributed by atoms with E-state index in [9.17, 15) is 24.6 Å². The van der Waals surface area contributed by atoms with Crippen molar-refractivity contribution >= 4 is 23.0 Å². The van der Waals surface area contributed by atoms with E-state index in [1.807, 2.05) is 54.6 Å². The summed E-state index contributed by atoms with van der Waals surface area (Å²) in [4.78, 5) is 42.7. The van der Waals surface area contributed by atoms with E-state index in [1.165, 1.54) is 18.2 Å². The molecule has 3 fully saturated rings. The number of phenolic OH excluding ortho intramolecular Hbond substituents is 1. The number of carbonyl (C=O) groups excluding carboxylic acids is 2. The molecule has 0 spiro atoms. The number of phenols is 1. The van der Waals surface area contributed by atoms with E-state index >= 15 is 4.39 Å². The molecule has 6 aromatic rings. The summed E-state index contributed by atoms with van der Waals surface area (Å²) in [6, 6.07) is 34.1. The lowest BCUT2D eigenvalue weighted by Crippen LogP contribution is -2.52. The zero-order chi connectivity index (χ0) is 42.3. The second-order valence-corrected chi connectivity index (χ2v) is 15.6. The molecule has 12 nitrogen and oxygen atoms in total. The van der Waals surface area contributed by atoms with E-state index in [0.717, 1.165) is 49.2 Å². The molecule has 1 amide bonds. The summed E-state index contributed by atoms with van der Waals surface area (Å²) in [5, 5.41) is 27.6. The number of carbonyl (C=O) groups is 2. The van der Waals surface area contributed by atoms with E-state index in [0.29, 0.717) is 33.7 Å². The van der Waals surface area contributed by atoms with Crippen LogP contribution in [0.3, 0.4) is 0 Å². The second-order valence-electron chi connectivity index (χ2n) is 15.6. The van der Waals surface area contributed by atoms with Crippen molar-refractivity contribution in [3.8, 4) is 11.5 Å². The average molecular weight is 827 g/mol. The number of esters is 1. The van der Waals surface area contributed by atoms with Crippen LogP contribution in [0.4, 0.5) is 9.18 Å². The molecule has 9 rings (SSSR count). The number of aliphatic hydroxyl groups excluding tert-OH is 1. The Morgan fingerprint density at radius 3 is 2.38 bits per heavy atom. The third-order valence-corrected chi connectivity index (χ3v) is 11.4. The smallest absolute Gasteiger partial charge is 0.408 e. The lowest BCUT2D eigenvalue weighted by molar-refractivity contribution is -0.0336. The number of aliphatic hydroxyl groups is 1. The molecule has 61 heavy (non-hydrogen) atoms. The molecule has 0 aliphatic carbocycles. The summed E-state index contributed by atoms with van der Waals surface area (Å²) in [5.41, 5.74) is 4.10. The Hall–Kier alpha value is -6.54. The molecule has 4 heterocycles. The molecule has 0 saturated carbocycles. The molecule has 3 aliphatic rings. The van der Waals surface area contributed by atoms with Crippen molar-refractivity contribution < 1.29 is 38.4 Å². The van der Waals surface area contributed by atoms with Crippen LogP contribution in [-0.2, 0) is 29.2 Å². The summed E-state index contributed by atoms with van der Waals surface area (Å²) in [6.45, 7) is 3.26. The van der Waals surface area contributed by atoms with Gasteiger partial charge in [0.05, 0.1) is 23.2 Å². The van der Waals surface area contributed by atoms with Gasteiger partial charge in [-0.3, -0.25) is 9.69 Å². The summed E-state index contributed by atoms with van der Waals surface area (Å²) in [5.74, 6) is -0.221. The van der Waals surface area contributed by atoms with Gasteiger partial charge in [-0.2, -0.15) is 0 Å². The van der Waals surface area contributed by atoms with Crippen molar-refractivity contribution in [2.75, 3.05) is 26.2 Å². The highest BCUT2D eigenvalue weighted by atomic mass is 19.1. The maximum atomic E-state index is 15.0. The van der Waals surface area contributed by atoms with Gasteiger partial charge in [-0.25, -0.2) is 14.0 Å². The van der Waals surface area contributed by atoms with Crippen molar-refractivity contribution in [2.45, 2.75) is 50.8 Å². The van der Waals surface area contributed by atoms with Crippen LogP contribution in [0.5, 0.6) is 11.5 Å². The minimum Gasteiger partial charge on any atom is -0.506 e. The van der Waals surface area contributed by atoms with Crippen molar-refractivity contribution in [2.24, 2.45) is 5.92 Å². The van der Waals surface area contributed by atoms with Gasteiger partial charge >= 0.3 is 12.1 Å². The van der Waals surface area contributed by atoms with Gasteiger partial charge in [0.2, 0.25) is 5.56 Å². The highest BCUT2D eigenvalue weighted by molar-refractivity contribution is 5.89. The van der Waals surface area contributed by atoms with Gasteiger partial charge in [0.15, 0.2) is 0 Å². The molecule has 314 valence electrons. The molecule has 1 aromatic heterocycles. The summed E-state index contributed by atoms with van der Waals surface area (Å²) >= 11 is 0. The van der Waals surface area contributed by atoms with E-state index in [2.05, 4.69) is 20.5 Å². The molecule has 2 unspecified atom stereocenters. The van der Waals surface area contributed by atoms with Gasteiger partial charge in [0.1, 0.15) is 36.6 Å². The number of hydrogen-bond acceptors (Lipinski definition) is 10. The quantitative estimate of drug-likeness (QED) is 0.0679. The highest BCUT2D eigenvalue weighted by Crippen LogP contribution is 2.32. The fourth-order valence-electron chi connectivity index (χ4n) is 8.08. The van der Waals surface area contributed by atoms with Gasteiger partial charge in [-0.05, 0) is 102 Å². The Labute approximate surface area is 351 Å². The van der Waals surface area contributed by atoms with Crippen molar-refractivity contribution in [1.29, 1.82) is 0 Å². The lowest BCUT2D eigenvalue weighted by Gasteiger charge is -2.43. The number of pyridine rings is 1. The predicted octanol–water partition coefficient (Wildman–Crippen LogP) is 7.04. The molecule has 13 heteroatoms. The number of nitrogens with zero attached hydrogens (tertiary/aromatic N) is 1. The molecule has 5 N–H and O–H groups in total. The number of amides is 1. The monoisotopic (exact) mass is 826 g/mol. The first kappa shape index (κ1) is 41.2. The number of rotatable bonds is 15. The number of aromatic nitrogens is 1. The topological polar surface area (TPSA) is 162 Å². The fraction of sp³-hybridized carbons (Fsp3) is 0.271. The molecular formula is C48H47FN4O8. The fourth-order valence-corrected chi connectivity index (χ4v) is 8.08. The second kappa shape index (κ2) is 18.8. The minimum absolute atomic E-state index is 0.0977. The van der Waals surface area contributed by atoms with Crippen LogP contribution in [0.25, 0.3) is 10.9 Å². The Morgan fingerprint density at radius 1 is 0.852 bits per heavy atom. The average Bonchev–Trinajstić information content (AvgIpc) is 3.28. The molecular weight excluding hydrogens is 780 g/mol. The molecule has 3 atom stereocenters. The van der Waals surface area contributed by atoms with Crippen LogP contribution in [0.15, 0.2) is 126 Å². The zero-order valence-corrected chi connectivity index (χ0v) is 33.4. The first-order valence-corrected chi connectivity index (χ1v) is 20.4. The first-order valence-electron chi connectivity index (χ1n) is 20.4. The third-order valence-electron chi connectivity index (χ3n) is 11.4. The summed E-state index contributed by atoms with van der Waals surface area (Å²) in [6.07, 6.45) is 0.592. The summed E-state index contributed by atoms with van der Waals surface area (Å²) in [7, 11) is 0. The van der Waals surface area contributed by atoms with E-state index in [1.54, 1.807) is 48.5 Å². The number of aromatic amines is 1. The highest BCUT2D eigenvalue weighted by Gasteiger charge is 2.37. The number of hydrogen-bond donors (Lipinski definition) is 5. The molecule has 3 saturated heterocycles. The number of aromatic hydroxyl groups is 1. The number of piperidine rings is 3. The van der Waals surface area contributed by atoms with Crippen LogP contribution in [0, 0.1) is 11.7 Å². The number of alkyl carbamates (subject to hydrolysis) is 1. The Kier molecular flexibility index (Phi) is 12.7. The lowest BCUT2D eigenvalue weighted by atomic mass is 9.86. The van der Waals surface area contributed by atoms with Crippen molar-refractivity contribution in [3.05, 3.63) is 176 Å². The van der Waals surface area contributed by atoms with E-state index in [-0.39, 0.29) is 54.8 Å². The predicted molar refractivity (Wildman–Crippen MR) is 226 cm³/mol. The van der Waals surface area contributed by atoms with Crippen LogP contribution in [0.1, 0.15) is 68.7 Å². The minimum atomic E-state index is -0.961. The van der Waals surface area contributed by atoms with Crippen LogP contribution in [0.2, 0.25) is 0 Å². The molecule has 5 aromatic carbocycles. The Balaban J connectivity index is 0.813. The van der Waals surface area contributed by atoms with Crippen molar-refractivity contribution in [3.63, 3.8) is 0 Å². The number of benzene rings is 5.